The molecule has 3 rings (SSSR count). The Labute approximate surface area is 121 Å². The molecule has 1 N–H and O–H groups in total. The number of ether oxygens (including phenoxy) is 1. The van der Waals surface area contributed by atoms with Crippen LogP contribution in [0.25, 0.3) is 0 Å². The molecule has 1 saturated heterocycles. The SMILES string of the molecule is COc1cc(C)nc(CN2CCCNC(C3CC3)C2)c1. The molecule has 4 nitrogen and oxygen atoms in total. The van der Waals surface area contributed by atoms with E-state index in [0.717, 1.165) is 49.2 Å². The minimum absolute atomic E-state index is 0.684. The van der Waals surface area contributed by atoms with E-state index in [1.165, 1.54) is 19.3 Å². The van der Waals surface area contributed by atoms with Gasteiger partial charge in [0, 0.05) is 37.0 Å². The van der Waals surface area contributed by atoms with Gasteiger partial charge < -0.3 is 10.1 Å². The van der Waals surface area contributed by atoms with Crippen molar-refractivity contribution in [2.75, 3.05) is 26.7 Å². The van der Waals surface area contributed by atoms with Gasteiger partial charge in [-0.25, -0.2) is 0 Å². The van der Waals surface area contributed by atoms with Crippen molar-refractivity contribution in [3.8, 4) is 5.75 Å². The molecule has 2 fully saturated rings. The molecule has 1 saturated carbocycles. The van der Waals surface area contributed by atoms with Gasteiger partial charge in [0.05, 0.1) is 12.8 Å². The maximum atomic E-state index is 5.35. The van der Waals surface area contributed by atoms with Crippen LogP contribution < -0.4 is 10.1 Å². The van der Waals surface area contributed by atoms with Crippen LogP contribution in [-0.4, -0.2) is 42.7 Å². The molecule has 0 radical (unpaired) electrons. The van der Waals surface area contributed by atoms with Crippen molar-refractivity contribution in [1.29, 1.82) is 0 Å². The molecule has 1 aliphatic heterocycles. The zero-order valence-corrected chi connectivity index (χ0v) is 12.6. The van der Waals surface area contributed by atoms with Crippen molar-refractivity contribution in [3.05, 3.63) is 23.5 Å². The molecule has 4 heteroatoms. The highest BCUT2D eigenvalue weighted by Crippen LogP contribution is 2.33. The highest BCUT2D eigenvalue weighted by atomic mass is 16.5. The van der Waals surface area contributed by atoms with Crippen LogP contribution in [0.5, 0.6) is 5.75 Å². The Kier molecular flexibility index (Phi) is 4.22. The number of hydrogen-bond donors (Lipinski definition) is 1. The van der Waals surface area contributed by atoms with Crippen LogP contribution in [0.4, 0.5) is 0 Å². The molecule has 1 aromatic heterocycles. The van der Waals surface area contributed by atoms with Gasteiger partial charge >= 0.3 is 0 Å². The van der Waals surface area contributed by atoms with Crippen LogP contribution in [-0.2, 0) is 6.54 Å². The standard InChI is InChI=1S/C16H25N3O/c1-12-8-15(20-2)9-14(18-12)10-19-7-3-6-17-16(11-19)13-4-5-13/h8-9,13,16-17H,3-7,10-11H2,1-2H3. The molecule has 0 bridgehead atoms. The molecule has 1 aromatic rings. The largest absolute Gasteiger partial charge is 0.497 e. The van der Waals surface area contributed by atoms with Gasteiger partial charge in [0.2, 0.25) is 0 Å². The van der Waals surface area contributed by atoms with Crippen molar-refractivity contribution in [2.45, 2.75) is 38.8 Å². The van der Waals surface area contributed by atoms with E-state index in [2.05, 4.69) is 21.3 Å². The molecule has 20 heavy (non-hydrogen) atoms. The number of aryl methyl sites for hydroxylation is 1. The third-order valence-electron chi connectivity index (χ3n) is 4.30. The van der Waals surface area contributed by atoms with E-state index in [4.69, 9.17) is 4.74 Å². The first kappa shape index (κ1) is 13.8. The highest BCUT2D eigenvalue weighted by Gasteiger charge is 2.33. The van der Waals surface area contributed by atoms with E-state index in [0.29, 0.717) is 6.04 Å². The average Bonchev–Trinajstić information content (AvgIpc) is 3.24. The summed E-state index contributed by atoms with van der Waals surface area (Å²) in [7, 11) is 1.72. The fourth-order valence-corrected chi connectivity index (χ4v) is 3.11. The molecular weight excluding hydrogens is 250 g/mol. The summed E-state index contributed by atoms with van der Waals surface area (Å²) in [6.45, 7) is 6.44. The lowest BCUT2D eigenvalue weighted by Crippen LogP contribution is -2.39. The summed E-state index contributed by atoms with van der Waals surface area (Å²) in [5, 5.41) is 3.71. The number of nitrogens with zero attached hydrogens (tertiary/aromatic N) is 2. The van der Waals surface area contributed by atoms with Gasteiger partial charge in [-0.2, -0.15) is 0 Å². The summed E-state index contributed by atoms with van der Waals surface area (Å²) < 4.78 is 5.35. The Balaban J connectivity index is 1.67. The Bertz CT molecular complexity index is 459. The number of pyridine rings is 1. The summed E-state index contributed by atoms with van der Waals surface area (Å²) in [5.74, 6) is 1.83. The number of aromatic nitrogens is 1. The average molecular weight is 275 g/mol. The van der Waals surface area contributed by atoms with Gasteiger partial charge in [-0.3, -0.25) is 9.88 Å². The van der Waals surface area contributed by atoms with E-state index >= 15 is 0 Å². The first-order valence-corrected chi connectivity index (χ1v) is 7.72. The summed E-state index contributed by atoms with van der Waals surface area (Å²) in [4.78, 5) is 7.20. The van der Waals surface area contributed by atoms with Crippen molar-refractivity contribution in [2.24, 2.45) is 5.92 Å². The maximum absolute atomic E-state index is 5.35. The summed E-state index contributed by atoms with van der Waals surface area (Å²) in [6.07, 6.45) is 4.04. The van der Waals surface area contributed by atoms with E-state index in [9.17, 15) is 0 Å². The molecular formula is C16H25N3O. The zero-order valence-electron chi connectivity index (χ0n) is 12.6. The first-order chi connectivity index (χ1) is 9.74. The van der Waals surface area contributed by atoms with Gasteiger partial charge in [-0.15, -0.1) is 0 Å². The van der Waals surface area contributed by atoms with Gasteiger partial charge in [-0.1, -0.05) is 0 Å². The number of rotatable bonds is 4. The lowest BCUT2D eigenvalue weighted by molar-refractivity contribution is 0.247. The van der Waals surface area contributed by atoms with Crippen molar-refractivity contribution in [1.82, 2.24) is 15.2 Å². The Hall–Kier alpha value is -1.13. The van der Waals surface area contributed by atoms with Gasteiger partial charge in [0.25, 0.3) is 0 Å². The Morgan fingerprint density at radius 2 is 2.25 bits per heavy atom. The lowest BCUT2D eigenvalue weighted by Gasteiger charge is -2.24. The van der Waals surface area contributed by atoms with Gasteiger partial charge in [0.1, 0.15) is 5.75 Å². The van der Waals surface area contributed by atoms with Gasteiger partial charge in [0.15, 0.2) is 0 Å². The summed E-state index contributed by atoms with van der Waals surface area (Å²) >= 11 is 0. The maximum Gasteiger partial charge on any atom is 0.122 e. The van der Waals surface area contributed by atoms with Crippen molar-refractivity contribution < 1.29 is 4.74 Å². The molecule has 110 valence electrons. The highest BCUT2D eigenvalue weighted by molar-refractivity contribution is 5.26. The van der Waals surface area contributed by atoms with Crippen LogP contribution >= 0.6 is 0 Å². The summed E-state index contributed by atoms with van der Waals surface area (Å²) in [5.41, 5.74) is 2.16. The molecule has 2 aliphatic rings. The zero-order chi connectivity index (χ0) is 13.9. The first-order valence-electron chi connectivity index (χ1n) is 7.72. The number of methoxy groups -OCH3 is 1. The third kappa shape index (κ3) is 3.49. The monoisotopic (exact) mass is 275 g/mol. The van der Waals surface area contributed by atoms with Gasteiger partial charge in [-0.05, 0) is 45.2 Å². The number of nitrogens with one attached hydrogen (secondary N) is 1. The predicted octanol–water partition coefficient (Wildman–Crippen LogP) is 1.97. The molecule has 0 amide bonds. The van der Waals surface area contributed by atoms with Crippen LogP contribution in [0.15, 0.2) is 12.1 Å². The fourth-order valence-electron chi connectivity index (χ4n) is 3.11. The van der Waals surface area contributed by atoms with E-state index in [-0.39, 0.29) is 0 Å². The molecule has 1 aliphatic carbocycles. The Morgan fingerprint density at radius 3 is 3.00 bits per heavy atom. The van der Waals surface area contributed by atoms with Crippen LogP contribution in [0.3, 0.4) is 0 Å². The molecule has 1 unspecified atom stereocenters. The van der Waals surface area contributed by atoms with E-state index < -0.39 is 0 Å². The molecule has 0 spiro atoms. The second-order valence-electron chi connectivity index (χ2n) is 6.13. The van der Waals surface area contributed by atoms with Crippen molar-refractivity contribution in [3.63, 3.8) is 0 Å². The molecule has 1 atom stereocenters. The van der Waals surface area contributed by atoms with E-state index in [1.54, 1.807) is 7.11 Å². The lowest BCUT2D eigenvalue weighted by atomic mass is 10.1. The fraction of sp³-hybridized carbons (Fsp3) is 0.688. The number of hydrogen-bond acceptors (Lipinski definition) is 4. The van der Waals surface area contributed by atoms with Crippen LogP contribution in [0, 0.1) is 12.8 Å². The minimum Gasteiger partial charge on any atom is -0.497 e. The van der Waals surface area contributed by atoms with E-state index in [1.807, 2.05) is 13.0 Å². The van der Waals surface area contributed by atoms with Crippen molar-refractivity contribution >= 4 is 0 Å². The second kappa shape index (κ2) is 6.10. The topological polar surface area (TPSA) is 37.4 Å². The second-order valence-corrected chi connectivity index (χ2v) is 6.13. The molecule has 2 heterocycles. The predicted molar refractivity (Wildman–Crippen MR) is 79.9 cm³/mol. The smallest absolute Gasteiger partial charge is 0.122 e. The third-order valence-corrected chi connectivity index (χ3v) is 4.30. The molecule has 0 aromatic carbocycles. The normalized spacial score (nSPS) is 24.4. The minimum atomic E-state index is 0.684. The summed E-state index contributed by atoms with van der Waals surface area (Å²) in [6, 6.07) is 4.74. The van der Waals surface area contributed by atoms with Crippen LogP contribution in [0.2, 0.25) is 0 Å². The Morgan fingerprint density at radius 1 is 1.40 bits per heavy atom. The quantitative estimate of drug-likeness (QED) is 0.911. The van der Waals surface area contributed by atoms with Crippen LogP contribution in [0.1, 0.15) is 30.7 Å².